The van der Waals surface area contributed by atoms with Gasteiger partial charge in [0.25, 0.3) is 0 Å². The van der Waals surface area contributed by atoms with Crippen LogP contribution < -0.4 is 10.6 Å². The molecule has 3 saturated heterocycles. The number of piperidine rings is 1. The Labute approximate surface area is 170 Å². The molecule has 3 aliphatic heterocycles. The largest absolute Gasteiger partial charge is 0.381 e. The topological polar surface area (TPSA) is 67.4 Å². The van der Waals surface area contributed by atoms with Gasteiger partial charge in [-0.15, -0.1) is 0 Å². The Hall–Kier alpha value is -0.890. The fourth-order valence-electron chi connectivity index (χ4n) is 4.21. The summed E-state index contributed by atoms with van der Waals surface area (Å²) in [5, 5.41) is 7.03. The molecule has 0 amide bonds. The summed E-state index contributed by atoms with van der Waals surface area (Å²) in [6.45, 7) is 11.7. The lowest BCUT2D eigenvalue weighted by atomic mass is 10.0. The second-order valence-corrected chi connectivity index (χ2v) is 8.25. The molecular weight excluding hydrogens is 356 g/mol. The number of ether oxygens (including phenoxy) is 3. The van der Waals surface area contributed by atoms with E-state index in [2.05, 4.69) is 22.5 Å². The third-order valence-corrected chi connectivity index (χ3v) is 5.91. The fraction of sp³-hybridized carbons (Fsp3) is 0.952. The number of aliphatic imine (C=N–C) groups is 1. The second kappa shape index (κ2) is 12.6. The maximum atomic E-state index is 5.94. The zero-order valence-electron chi connectivity index (χ0n) is 17.7. The Morgan fingerprint density at radius 3 is 2.57 bits per heavy atom. The van der Waals surface area contributed by atoms with Crippen molar-refractivity contribution in [1.29, 1.82) is 0 Å². The molecule has 7 heteroatoms. The van der Waals surface area contributed by atoms with E-state index in [0.29, 0.717) is 12.1 Å². The lowest BCUT2D eigenvalue weighted by molar-refractivity contribution is -0.0318. The molecule has 3 heterocycles. The van der Waals surface area contributed by atoms with Gasteiger partial charge in [0.1, 0.15) is 0 Å². The van der Waals surface area contributed by atoms with Crippen molar-refractivity contribution >= 4 is 5.96 Å². The Kier molecular flexibility index (Phi) is 9.83. The Bertz CT molecular complexity index is 443. The van der Waals surface area contributed by atoms with Crippen LogP contribution in [0.2, 0.25) is 0 Å². The highest BCUT2D eigenvalue weighted by Crippen LogP contribution is 2.17. The number of nitrogens with zero attached hydrogens (tertiary/aromatic N) is 2. The first-order chi connectivity index (χ1) is 13.8. The summed E-state index contributed by atoms with van der Waals surface area (Å²) in [5.74, 6) is 1.70. The van der Waals surface area contributed by atoms with E-state index in [0.717, 1.165) is 77.3 Å². The van der Waals surface area contributed by atoms with E-state index in [1.165, 1.54) is 38.9 Å². The van der Waals surface area contributed by atoms with Gasteiger partial charge in [0, 0.05) is 65.2 Å². The van der Waals surface area contributed by atoms with Gasteiger partial charge in [0.15, 0.2) is 5.96 Å². The highest BCUT2D eigenvalue weighted by atomic mass is 16.5. The van der Waals surface area contributed by atoms with Crippen LogP contribution in [0.3, 0.4) is 0 Å². The zero-order valence-corrected chi connectivity index (χ0v) is 17.7. The van der Waals surface area contributed by atoms with Crippen molar-refractivity contribution in [1.82, 2.24) is 15.5 Å². The van der Waals surface area contributed by atoms with Crippen molar-refractivity contribution in [3.8, 4) is 0 Å². The summed E-state index contributed by atoms with van der Waals surface area (Å²) in [6, 6.07) is 0.521. The van der Waals surface area contributed by atoms with Crippen molar-refractivity contribution in [2.24, 2.45) is 10.9 Å². The zero-order chi connectivity index (χ0) is 19.4. The van der Waals surface area contributed by atoms with Gasteiger partial charge >= 0.3 is 0 Å². The van der Waals surface area contributed by atoms with Crippen LogP contribution in [0, 0.1) is 5.92 Å². The average Bonchev–Trinajstić information content (AvgIpc) is 3.23. The van der Waals surface area contributed by atoms with Crippen molar-refractivity contribution in [2.75, 3.05) is 65.8 Å². The van der Waals surface area contributed by atoms with E-state index in [4.69, 9.17) is 19.2 Å². The van der Waals surface area contributed by atoms with Crippen LogP contribution in [0.5, 0.6) is 0 Å². The van der Waals surface area contributed by atoms with E-state index >= 15 is 0 Å². The molecule has 3 aliphatic rings. The van der Waals surface area contributed by atoms with E-state index in [9.17, 15) is 0 Å². The van der Waals surface area contributed by atoms with Crippen LogP contribution >= 0.6 is 0 Å². The lowest BCUT2D eigenvalue weighted by Crippen LogP contribution is -2.49. The maximum Gasteiger partial charge on any atom is 0.191 e. The Balaban J connectivity index is 1.30. The third-order valence-electron chi connectivity index (χ3n) is 5.91. The highest BCUT2D eigenvalue weighted by Gasteiger charge is 2.24. The number of guanidine groups is 1. The molecule has 0 spiro atoms. The predicted octanol–water partition coefficient (Wildman–Crippen LogP) is 1.63. The van der Waals surface area contributed by atoms with Gasteiger partial charge in [-0.3, -0.25) is 4.99 Å². The van der Waals surface area contributed by atoms with E-state index < -0.39 is 0 Å². The lowest BCUT2D eigenvalue weighted by Gasteiger charge is -2.34. The van der Waals surface area contributed by atoms with Gasteiger partial charge in [-0.2, -0.15) is 0 Å². The molecule has 1 atom stereocenters. The standard InChI is InChI=1S/C21H40N4O3/c1-2-22-21(23-9-3-12-28-20-7-14-26-15-8-20)24-19-4-10-25(11-5-19)16-18-6-13-27-17-18/h18-20H,2-17H2,1H3,(H2,22,23,24). The molecule has 3 fully saturated rings. The average molecular weight is 397 g/mol. The highest BCUT2D eigenvalue weighted by molar-refractivity contribution is 5.80. The quantitative estimate of drug-likeness (QED) is 0.351. The van der Waals surface area contributed by atoms with Crippen LogP contribution in [0.1, 0.15) is 45.4 Å². The molecule has 0 saturated carbocycles. The van der Waals surface area contributed by atoms with E-state index in [-0.39, 0.29) is 0 Å². The van der Waals surface area contributed by atoms with Gasteiger partial charge in [-0.05, 0) is 51.4 Å². The van der Waals surface area contributed by atoms with Crippen molar-refractivity contribution in [3.63, 3.8) is 0 Å². The predicted molar refractivity (Wildman–Crippen MR) is 112 cm³/mol. The summed E-state index contributed by atoms with van der Waals surface area (Å²) in [7, 11) is 0. The van der Waals surface area contributed by atoms with Gasteiger partial charge in [0.2, 0.25) is 0 Å². The molecule has 0 aromatic heterocycles. The molecule has 162 valence electrons. The molecule has 0 aliphatic carbocycles. The Morgan fingerprint density at radius 2 is 1.86 bits per heavy atom. The smallest absolute Gasteiger partial charge is 0.191 e. The SMILES string of the molecule is CCNC(=NCCCOC1CCOCC1)NC1CCN(CC2CCOC2)CC1. The summed E-state index contributed by atoms with van der Waals surface area (Å²) in [5.41, 5.74) is 0. The van der Waals surface area contributed by atoms with Gasteiger partial charge in [-0.1, -0.05) is 0 Å². The first kappa shape index (κ1) is 21.8. The van der Waals surface area contributed by atoms with E-state index in [1.54, 1.807) is 0 Å². The number of rotatable bonds is 9. The summed E-state index contributed by atoms with van der Waals surface area (Å²) >= 11 is 0. The molecular formula is C21H40N4O3. The molecule has 28 heavy (non-hydrogen) atoms. The fourth-order valence-corrected chi connectivity index (χ4v) is 4.21. The molecule has 7 nitrogen and oxygen atoms in total. The van der Waals surface area contributed by atoms with Gasteiger partial charge in [-0.25, -0.2) is 0 Å². The third kappa shape index (κ3) is 7.85. The molecule has 0 bridgehead atoms. The summed E-state index contributed by atoms with van der Waals surface area (Å²) in [4.78, 5) is 7.36. The number of likely N-dealkylation sites (tertiary alicyclic amines) is 1. The summed E-state index contributed by atoms with van der Waals surface area (Å²) < 4.78 is 16.8. The van der Waals surface area contributed by atoms with Gasteiger partial charge in [0.05, 0.1) is 12.7 Å². The van der Waals surface area contributed by atoms with E-state index in [1.807, 2.05) is 0 Å². The number of hydrogen-bond donors (Lipinski definition) is 2. The first-order valence-corrected chi connectivity index (χ1v) is 11.4. The molecule has 0 aromatic carbocycles. The minimum Gasteiger partial charge on any atom is -0.381 e. The summed E-state index contributed by atoms with van der Waals surface area (Å²) in [6.07, 6.45) is 7.00. The van der Waals surface area contributed by atoms with Crippen molar-refractivity contribution < 1.29 is 14.2 Å². The monoisotopic (exact) mass is 396 g/mol. The van der Waals surface area contributed by atoms with Crippen LogP contribution in [0.4, 0.5) is 0 Å². The number of nitrogens with one attached hydrogen (secondary N) is 2. The number of hydrogen-bond acceptors (Lipinski definition) is 5. The molecule has 0 radical (unpaired) electrons. The van der Waals surface area contributed by atoms with Crippen LogP contribution in [0.25, 0.3) is 0 Å². The molecule has 1 unspecified atom stereocenters. The maximum absolute atomic E-state index is 5.94. The minimum atomic E-state index is 0.380. The minimum absolute atomic E-state index is 0.380. The van der Waals surface area contributed by atoms with Gasteiger partial charge < -0.3 is 29.7 Å². The van der Waals surface area contributed by atoms with Crippen LogP contribution in [-0.2, 0) is 14.2 Å². The molecule has 3 rings (SSSR count). The second-order valence-electron chi connectivity index (χ2n) is 8.25. The van der Waals surface area contributed by atoms with Crippen molar-refractivity contribution in [3.05, 3.63) is 0 Å². The molecule has 0 aromatic rings. The molecule has 2 N–H and O–H groups in total. The van der Waals surface area contributed by atoms with Crippen molar-refractivity contribution in [2.45, 2.75) is 57.6 Å². The normalized spacial score (nSPS) is 25.9. The van der Waals surface area contributed by atoms with Crippen LogP contribution in [0.15, 0.2) is 4.99 Å². The Morgan fingerprint density at radius 1 is 1.07 bits per heavy atom. The first-order valence-electron chi connectivity index (χ1n) is 11.4. The van der Waals surface area contributed by atoms with Crippen LogP contribution in [-0.4, -0.2) is 88.8 Å².